The fourth-order valence-corrected chi connectivity index (χ4v) is 2.43. The van der Waals surface area contributed by atoms with Crippen LogP contribution in [0.1, 0.15) is 36.1 Å². The number of nitrogens with zero attached hydrogens (tertiary/aromatic N) is 1. The van der Waals surface area contributed by atoms with E-state index in [9.17, 15) is 13.2 Å². The Hall–Kier alpha value is -1.75. The maximum atomic E-state index is 12.7. The summed E-state index contributed by atoms with van der Waals surface area (Å²) in [5.41, 5.74) is 1.19. The van der Waals surface area contributed by atoms with Gasteiger partial charge in [0.2, 0.25) is 0 Å². The van der Waals surface area contributed by atoms with Gasteiger partial charge < -0.3 is 9.88 Å². The van der Waals surface area contributed by atoms with Crippen molar-refractivity contribution >= 4 is 0 Å². The molecule has 21 heavy (non-hydrogen) atoms. The SMILES string of the molecule is CCC(NC)c1ccn(Cc2cccc(C(F)(F)F)c2)c1. The monoisotopic (exact) mass is 296 g/mol. The highest BCUT2D eigenvalue weighted by atomic mass is 19.4. The molecule has 2 rings (SSSR count). The molecule has 2 nitrogen and oxygen atoms in total. The molecule has 0 aliphatic rings. The zero-order valence-corrected chi connectivity index (χ0v) is 12.1. The minimum atomic E-state index is -4.29. The van der Waals surface area contributed by atoms with Gasteiger partial charge in [0.1, 0.15) is 0 Å². The topological polar surface area (TPSA) is 17.0 Å². The second-order valence-electron chi connectivity index (χ2n) is 5.06. The first-order chi connectivity index (χ1) is 9.94. The number of aromatic nitrogens is 1. The predicted molar refractivity (Wildman–Crippen MR) is 77.1 cm³/mol. The van der Waals surface area contributed by atoms with Crippen molar-refractivity contribution in [2.45, 2.75) is 32.1 Å². The van der Waals surface area contributed by atoms with E-state index in [1.165, 1.54) is 12.1 Å². The maximum absolute atomic E-state index is 12.7. The van der Waals surface area contributed by atoms with Crippen molar-refractivity contribution in [3.63, 3.8) is 0 Å². The van der Waals surface area contributed by atoms with E-state index in [-0.39, 0.29) is 6.04 Å². The Kier molecular flexibility index (Phi) is 4.73. The molecule has 0 aliphatic heterocycles. The maximum Gasteiger partial charge on any atom is 0.416 e. The van der Waals surface area contributed by atoms with Crippen LogP contribution < -0.4 is 5.32 Å². The van der Waals surface area contributed by atoms with Gasteiger partial charge >= 0.3 is 6.18 Å². The summed E-state index contributed by atoms with van der Waals surface area (Å²) in [7, 11) is 1.90. The van der Waals surface area contributed by atoms with Gasteiger partial charge in [0.15, 0.2) is 0 Å². The van der Waals surface area contributed by atoms with Crippen molar-refractivity contribution < 1.29 is 13.2 Å². The molecule has 0 spiro atoms. The van der Waals surface area contributed by atoms with Gasteiger partial charge in [0, 0.05) is 25.0 Å². The van der Waals surface area contributed by atoms with Crippen LogP contribution in [0.2, 0.25) is 0 Å². The Morgan fingerprint density at radius 2 is 2.00 bits per heavy atom. The number of benzene rings is 1. The summed E-state index contributed by atoms with van der Waals surface area (Å²) >= 11 is 0. The smallest absolute Gasteiger partial charge is 0.350 e. The summed E-state index contributed by atoms with van der Waals surface area (Å²) < 4.78 is 40.0. The zero-order valence-electron chi connectivity index (χ0n) is 12.1. The highest BCUT2D eigenvalue weighted by molar-refractivity contribution is 5.26. The second kappa shape index (κ2) is 6.35. The number of alkyl halides is 3. The third kappa shape index (κ3) is 3.88. The molecule has 1 aromatic carbocycles. The van der Waals surface area contributed by atoms with Crippen LogP contribution in [-0.4, -0.2) is 11.6 Å². The van der Waals surface area contributed by atoms with E-state index in [0.717, 1.165) is 18.1 Å². The summed E-state index contributed by atoms with van der Waals surface area (Å²) in [5, 5.41) is 3.21. The van der Waals surface area contributed by atoms with Gasteiger partial charge in [-0.2, -0.15) is 13.2 Å². The normalized spacial score (nSPS) is 13.4. The van der Waals surface area contributed by atoms with Gasteiger partial charge in [0.25, 0.3) is 0 Å². The molecule has 1 aromatic heterocycles. The summed E-state index contributed by atoms with van der Waals surface area (Å²) in [4.78, 5) is 0. The van der Waals surface area contributed by atoms with Gasteiger partial charge in [-0.1, -0.05) is 19.1 Å². The van der Waals surface area contributed by atoms with Gasteiger partial charge in [-0.15, -0.1) is 0 Å². The Labute approximate surface area is 122 Å². The van der Waals surface area contributed by atoms with E-state index >= 15 is 0 Å². The second-order valence-corrected chi connectivity index (χ2v) is 5.06. The lowest BCUT2D eigenvalue weighted by molar-refractivity contribution is -0.137. The quantitative estimate of drug-likeness (QED) is 0.874. The number of rotatable bonds is 5. The van der Waals surface area contributed by atoms with Gasteiger partial charge in [-0.3, -0.25) is 0 Å². The van der Waals surface area contributed by atoms with Crippen LogP contribution in [0, 0.1) is 0 Å². The molecule has 1 heterocycles. The molecule has 2 aromatic rings. The summed E-state index contributed by atoms with van der Waals surface area (Å²) in [6.07, 6.45) is 0.544. The molecular weight excluding hydrogens is 277 g/mol. The number of hydrogen-bond donors (Lipinski definition) is 1. The number of nitrogens with one attached hydrogen (secondary N) is 1. The van der Waals surface area contributed by atoms with Crippen LogP contribution in [0.25, 0.3) is 0 Å². The first kappa shape index (κ1) is 15.6. The van der Waals surface area contributed by atoms with Crippen LogP contribution in [0.4, 0.5) is 13.2 Å². The van der Waals surface area contributed by atoms with E-state index in [4.69, 9.17) is 0 Å². The molecule has 1 unspecified atom stereocenters. The molecule has 0 amide bonds. The molecule has 114 valence electrons. The lowest BCUT2D eigenvalue weighted by atomic mass is 10.1. The lowest BCUT2D eigenvalue weighted by Gasteiger charge is -2.12. The Balaban J connectivity index is 2.15. The number of halogens is 3. The molecule has 0 fully saturated rings. The fraction of sp³-hybridized carbons (Fsp3) is 0.375. The molecule has 5 heteroatoms. The lowest BCUT2D eigenvalue weighted by Crippen LogP contribution is -2.14. The van der Waals surface area contributed by atoms with Crippen molar-refractivity contribution in [1.29, 1.82) is 0 Å². The Morgan fingerprint density at radius 3 is 2.62 bits per heavy atom. The molecular formula is C16H19F3N2. The largest absolute Gasteiger partial charge is 0.416 e. The van der Waals surface area contributed by atoms with Crippen LogP contribution in [-0.2, 0) is 12.7 Å². The third-order valence-electron chi connectivity index (χ3n) is 3.55. The summed E-state index contributed by atoms with van der Waals surface area (Å²) in [6, 6.07) is 7.73. The number of hydrogen-bond acceptors (Lipinski definition) is 1. The average Bonchev–Trinajstić information content (AvgIpc) is 2.88. The van der Waals surface area contributed by atoms with Gasteiger partial charge in [-0.05, 0) is 42.8 Å². The first-order valence-electron chi connectivity index (χ1n) is 6.93. The van der Waals surface area contributed by atoms with Crippen molar-refractivity contribution in [2.24, 2.45) is 0 Å². The van der Waals surface area contributed by atoms with Crippen LogP contribution in [0.15, 0.2) is 42.7 Å². The van der Waals surface area contributed by atoms with E-state index in [0.29, 0.717) is 12.1 Å². The summed E-state index contributed by atoms with van der Waals surface area (Å²) in [6.45, 7) is 2.52. The first-order valence-corrected chi connectivity index (χ1v) is 6.93. The van der Waals surface area contributed by atoms with Crippen molar-refractivity contribution in [3.05, 3.63) is 59.4 Å². The van der Waals surface area contributed by atoms with E-state index in [1.807, 2.05) is 30.1 Å². The van der Waals surface area contributed by atoms with E-state index in [1.54, 1.807) is 6.07 Å². The third-order valence-corrected chi connectivity index (χ3v) is 3.55. The zero-order chi connectivity index (χ0) is 15.5. The minimum Gasteiger partial charge on any atom is -0.350 e. The van der Waals surface area contributed by atoms with E-state index in [2.05, 4.69) is 12.2 Å². The molecule has 0 aliphatic carbocycles. The highest BCUT2D eigenvalue weighted by Crippen LogP contribution is 2.29. The molecule has 0 saturated carbocycles. The van der Waals surface area contributed by atoms with Crippen LogP contribution in [0.5, 0.6) is 0 Å². The standard InChI is InChI=1S/C16H19F3N2/c1-3-15(20-2)13-7-8-21(11-13)10-12-5-4-6-14(9-12)16(17,18)19/h4-9,11,15,20H,3,10H2,1-2H3. The average molecular weight is 296 g/mol. The van der Waals surface area contributed by atoms with Crippen molar-refractivity contribution in [1.82, 2.24) is 9.88 Å². The molecule has 1 N–H and O–H groups in total. The molecule has 0 radical (unpaired) electrons. The predicted octanol–water partition coefficient (Wildman–Crippen LogP) is 4.23. The fourth-order valence-electron chi connectivity index (χ4n) is 2.43. The van der Waals surface area contributed by atoms with Gasteiger partial charge in [-0.25, -0.2) is 0 Å². The minimum absolute atomic E-state index is 0.271. The summed E-state index contributed by atoms with van der Waals surface area (Å²) in [5.74, 6) is 0. The molecule has 0 saturated heterocycles. The van der Waals surface area contributed by atoms with Crippen molar-refractivity contribution in [2.75, 3.05) is 7.05 Å². The highest BCUT2D eigenvalue weighted by Gasteiger charge is 2.30. The molecule has 0 bridgehead atoms. The van der Waals surface area contributed by atoms with Gasteiger partial charge in [0.05, 0.1) is 5.56 Å². The Morgan fingerprint density at radius 1 is 1.24 bits per heavy atom. The van der Waals surface area contributed by atoms with Crippen LogP contribution >= 0.6 is 0 Å². The molecule has 1 atom stereocenters. The van der Waals surface area contributed by atoms with Crippen molar-refractivity contribution in [3.8, 4) is 0 Å². The van der Waals surface area contributed by atoms with Crippen LogP contribution in [0.3, 0.4) is 0 Å². The Bertz CT molecular complexity index is 583. The van der Waals surface area contributed by atoms with E-state index < -0.39 is 11.7 Å².